The Morgan fingerprint density at radius 3 is 2.58 bits per heavy atom. The molecule has 170 valence electrons. The highest BCUT2D eigenvalue weighted by molar-refractivity contribution is 7.99. The molecule has 0 saturated carbocycles. The number of ether oxygens (including phenoxy) is 2. The van der Waals surface area contributed by atoms with Gasteiger partial charge in [-0.2, -0.15) is 0 Å². The van der Waals surface area contributed by atoms with E-state index in [0.29, 0.717) is 23.3 Å². The first-order valence-electron chi connectivity index (χ1n) is 10.3. The molecule has 0 saturated heterocycles. The molecule has 0 aliphatic rings. The number of fused-ring (bicyclic) bond motifs is 1. The average molecular weight is 464 g/mol. The summed E-state index contributed by atoms with van der Waals surface area (Å²) in [5.74, 6) is 8.31. The molecule has 0 fully saturated rings. The van der Waals surface area contributed by atoms with Gasteiger partial charge in [-0.05, 0) is 46.7 Å². The van der Waals surface area contributed by atoms with E-state index in [1.165, 1.54) is 16.4 Å². The smallest absolute Gasteiger partial charge is 0.233 e. The fraction of sp³-hybridized carbons (Fsp3) is 0.208. The van der Waals surface area contributed by atoms with Crippen molar-refractivity contribution in [1.82, 2.24) is 19.8 Å². The zero-order valence-electron chi connectivity index (χ0n) is 18.7. The van der Waals surface area contributed by atoms with E-state index in [4.69, 9.17) is 15.3 Å². The number of aromatic nitrogens is 3. The number of thioether (sulfide) groups is 1. The van der Waals surface area contributed by atoms with Crippen LogP contribution in [0.1, 0.15) is 5.56 Å². The minimum absolute atomic E-state index is 0.0309. The third-order valence-corrected chi connectivity index (χ3v) is 6.22. The maximum atomic E-state index is 12.7. The number of hydrogen-bond donors (Lipinski definition) is 1. The van der Waals surface area contributed by atoms with Crippen LogP contribution in [0.4, 0.5) is 0 Å². The number of benzene rings is 3. The highest BCUT2D eigenvalue weighted by Crippen LogP contribution is 2.29. The Morgan fingerprint density at radius 2 is 1.79 bits per heavy atom. The molecular formula is C24H25N5O3S. The summed E-state index contributed by atoms with van der Waals surface area (Å²) in [4.78, 5) is 14.4. The lowest BCUT2D eigenvalue weighted by Crippen LogP contribution is -2.28. The van der Waals surface area contributed by atoms with E-state index < -0.39 is 0 Å². The molecule has 9 heteroatoms. The van der Waals surface area contributed by atoms with Crippen molar-refractivity contribution in [2.45, 2.75) is 11.7 Å². The van der Waals surface area contributed by atoms with Gasteiger partial charge in [0.25, 0.3) is 0 Å². The topological polar surface area (TPSA) is 95.5 Å². The lowest BCUT2D eigenvalue weighted by atomic mass is 10.1. The zero-order chi connectivity index (χ0) is 23.4. The first kappa shape index (κ1) is 22.5. The summed E-state index contributed by atoms with van der Waals surface area (Å²) in [6.45, 7) is 0.503. The third kappa shape index (κ3) is 4.88. The predicted molar refractivity (Wildman–Crippen MR) is 130 cm³/mol. The van der Waals surface area contributed by atoms with Gasteiger partial charge in [0.1, 0.15) is 11.5 Å². The zero-order valence-corrected chi connectivity index (χ0v) is 19.5. The number of rotatable bonds is 8. The maximum absolute atomic E-state index is 12.7. The molecule has 1 heterocycles. The van der Waals surface area contributed by atoms with Crippen molar-refractivity contribution < 1.29 is 14.3 Å². The SMILES string of the molecule is COc1ccc2cc(CN(C)C(=O)CSc3nnc(-c4ccccc4OC)n3N)ccc2c1. The van der Waals surface area contributed by atoms with Crippen molar-refractivity contribution in [3.8, 4) is 22.9 Å². The van der Waals surface area contributed by atoms with Crippen molar-refractivity contribution >= 4 is 28.4 Å². The van der Waals surface area contributed by atoms with E-state index in [1.807, 2.05) is 54.6 Å². The highest BCUT2D eigenvalue weighted by Gasteiger charge is 2.18. The monoisotopic (exact) mass is 463 g/mol. The molecule has 1 amide bonds. The fourth-order valence-electron chi connectivity index (χ4n) is 3.49. The van der Waals surface area contributed by atoms with Gasteiger partial charge in [-0.3, -0.25) is 4.79 Å². The third-order valence-electron chi connectivity index (χ3n) is 5.29. The molecule has 8 nitrogen and oxygen atoms in total. The number of nitrogens with zero attached hydrogens (tertiary/aromatic N) is 4. The molecule has 1 aromatic heterocycles. The van der Waals surface area contributed by atoms with Crippen LogP contribution in [0.3, 0.4) is 0 Å². The second-order valence-corrected chi connectivity index (χ2v) is 8.40. The average Bonchev–Trinajstić information content (AvgIpc) is 3.21. The number of nitrogen functional groups attached to an aromatic ring is 1. The van der Waals surface area contributed by atoms with Crippen LogP contribution >= 0.6 is 11.8 Å². The number of para-hydroxylation sites is 1. The van der Waals surface area contributed by atoms with Crippen LogP contribution in [0.2, 0.25) is 0 Å². The molecular weight excluding hydrogens is 438 g/mol. The Balaban J connectivity index is 1.40. The molecule has 0 unspecified atom stereocenters. The molecule has 0 bridgehead atoms. The summed E-state index contributed by atoms with van der Waals surface area (Å²) < 4.78 is 12.0. The van der Waals surface area contributed by atoms with Crippen LogP contribution in [-0.2, 0) is 11.3 Å². The Hall–Kier alpha value is -3.72. The van der Waals surface area contributed by atoms with Gasteiger partial charge in [0.05, 0.1) is 25.5 Å². The molecule has 4 rings (SSSR count). The van der Waals surface area contributed by atoms with Gasteiger partial charge in [0.15, 0.2) is 5.82 Å². The quantitative estimate of drug-likeness (QED) is 0.315. The van der Waals surface area contributed by atoms with E-state index in [0.717, 1.165) is 27.6 Å². The summed E-state index contributed by atoms with van der Waals surface area (Å²) in [5, 5.41) is 11.0. The van der Waals surface area contributed by atoms with Crippen LogP contribution in [0, 0.1) is 0 Å². The number of hydrogen-bond acceptors (Lipinski definition) is 7. The van der Waals surface area contributed by atoms with Gasteiger partial charge in [-0.15, -0.1) is 10.2 Å². The van der Waals surface area contributed by atoms with Gasteiger partial charge < -0.3 is 20.2 Å². The second-order valence-electron chi connectivity index (χ2n) is 7.46. The minimum atomic E-state index is -0.0309. The minimum Gasteiger partial charge on any atom is -0.497 e. The maximum Gasteiger partial charge on any atom is 0.233 e. The number of amides is 1. The normalized spacial score (nSPS) is 10.9. The molecule has 0 atom stereocenters. The van der Waals surface area contributed by atoms with E-state index in [1.54, 1.807) is 26.2 Å². The van der Waals surface area contributed by atoms with Crippen molar-refractivity contribution in [3.63, 3.8) is 0 Å². The van der Waals surface area contributed by atoms with E-state index in [2.05, 4.69) is 16.3 Å². The predicted octanol–water partition coefficient (Wildman–Crippen LogP) is 3.58. The molecule has 0 aliphatic carbocycles. The van der Waals surface area contributed by atoms with Gasteiger partial charge in [0.2, 0.25) is 11.1 Å². The fourth-order valence-corrected chi connectivity index (χ4v) is 4.28. The van der Waals surface area contributed by atoms with Gasteiger partial charge in [-0.25, -0.2) is 4.68 Å². The number of methoxy groups -OCH3 is 2. The van der Waals surface area contributed by atoms with Crippen molar-refractivity contribution in [3.05, 3.63) is 66.2 Å². The van der Waals surface area contributed by atoms with E-state index in [9.17, 15) is 4.79 Å². The van der Waals surface area contributed by atoms with Crippen molar-refractivity contribution in [1.29, 1.82) is 0 Å². The standard InChI is InChI=1S/C24H25N5O3S/c1-28(14-16-8-9-18-13-19(31-2)11-10-17(18)12-16)22(30)15-33-24-27-26-23(29(24)25)20-6-4-5-7-21(20)32-3/h4-13H,14-15,25H2,1-3H3. The first-order chi connectivity index (χ1) is 16.0. The first-order valence-corrected chi connectivity index (χ1v) is 11.3. The summed E-state index contributed by atoms with van der Waals surface area (Å²) >= 11 is 1.25. The van der Waals surface area contributed by atoms with Gasteiger partial charge in [-0.1, -0.05) is 42.1 Å². The highest BCUT2D eigenvalue weighted by atomic mass is 32.2. The summed E-state index contributed by atoms with van der Waals surface area (Å²) in [6.07, 6.45) is 0. The van der Waals surface area contributed by atoms with Crippen molar-refractivity contribution in [2.75, 3.05) is 32.9 Å². The van der Waals surface area contributed by atoms with Crippen LogP contribution in [-0.4, -0.2) is 52.7 Å². The largest absolute Gasteiger partial charge is 0.497 e. The summed E-state index contributed by atoms with van der Waals surface area (Å²) in [6, 6.07) is 19.5. The molecule has 3 aromatic carbocycles. The molecule has 4 aromatic rings. The summed E-state index contributed by atoms with van der Waals surface area (Å²) in [7, 11) is 5.03. The number of carbonyl (C=O) groups is 1. The summed E-state index contributed by atoms with van der Waals surface area (Å²) in [5.41, 5.74) is 1.79. The molecule has 0 aliphatic heterocycles. The van der Waals surface area contributed by atoms with Crippen molar-refractivity contribution in [2.24, 2.45) is 0 Å². The molecule has 0 spiro atoms. The molecule has 33 heavy (non-hydrogen) atoms. The van der Waals surface area contributed by atoms with Crippen LogP contribution < -0.4 is 15.3 Å². The molecule has 0 radical (unpaired) electrons. The Bertz CT molecular complexity index is 1290. The molecule has 2 N–H and O–H groups in total. The Labute approximate surface area is 196 Å². The van der Waals surface area contributed by atoms with Gasteiger partial charge >= 0.3 is 0 Å². The second kappa shape index (κ2) is 9.83. The lowest BCUT2D eigenvalue weighted by molar-refractivity contribution is -0.127. The Morgan fingerprint density at radius 1 is 1.03 bits per heavy atom. The van der Waals surface area contributed by atoms with E-state index >= 15 is 0 Å². The van der Waals surface area contributed by atoms with Crippen LogP contribution in [0.25, 0.3) is 22.2 Å². The number of carbonyl (C=O) groups excluding carboxylic acids is 1. The number of nitrogens with two attached hydrogens (primary N) is 1. The lowest BCUT2D eigenvalue weighted by Gasteiger charge is -2.17. The van der Waals surface area contributed by atoms with E-state index in [-0.39, 0.29) is 11.7 Å². The van der Waals surface area contributed by atoms with Gasteiger partial charge in [0, 0.05) is 13.6 Å². The van der Waals surface area contributed by atoms with Crippen LogP contribution in [0.15, 0.2) is 65.8 Å². The van der Waals surface area contributed by atoms with Crippen LogP contribution in [0.5, 0.6) is 11.5 Å². The Kier molecular flexibility index (Phi) is 6.69.